The molecule has 7 heteroatoms. The largest absolute Gasteiger partial charge is 0.461 e. The van der Waals surface area contributed by atoms with E-state index in [1.165, 1.54) is 0 Å². The van der Waals surface area contributed by atoms with Crippen LogP contribution in [0.3, 0.4) is 0 Å². The first-order valence-corrected chi connectivity index (χ1v) is 8.91. The number of hydrogen-bond donors (Lipinski definition) is 1. The molecule has 1 unspecified atom stereocenters. The lowest BCUT2D eigenvalue weighted by atomic mass is 9.76. The van der Waals surface area contributed by atoms with E-state index in [-0.39, 0.29) is 17.5 Å². The van der Waals surface area contributed by atoms with Gasteiger partial charge in [-0.1, -0.05) is 0 Å². The zero-order valence-corrected chi connectivity index (χ0v) is 14.0. The lowest BCUT2D eigenvalue weighted by Gasteiger charge is -2.35. The number of carbonyl (C=O) groups is 1. The number of piperidine rings is 1. The van der Waals surface area contributed by atoms with E-state index in [1.54, 1.807) is 12.4 Å². The number of cyclic esters (lactones) is 1. The molecule has 24 heavy (non-hydrogen) atoms. The average Bonchev–Trinajstić information content (AvgIpc) is 2.92. The molecular weight excluding hydrogens is 306 g/mol. The molecule has 1 atom stereocenters. The Kier molecular flexibility index (Phi) is 4.37. The van der Waals surface area contributed by atoms with Gasteiger partial charge in [0.1, 0.15) is 6.10 Å². The summed E-state index contributed by atoms with van der Waals surface area (Å²) >= 11 is 0. The number of piperazine rings is 1. The van der Waals surface area contributed by atoms with Crippen LogP contribution in [0.25, 0.3) is 0 Å². The highest BCUT2D eigenvalue weighted by atomic mass is 16.6. The summed E-state index contributed by atoms with van der Waals surface area (Å²) in [4.78, 5) is 25.6. The van der Waals surface area contributed by atoms with Crippen molar-refractivity contribution in [3.8, 4) is 0 Å². The number of hydrogen-bond acceptors (Lipinski definition) is 7. The molecule has 3 saturated heterocycles. The molecule has 4 rings (SSSR count). The number of anilines is 1. The summed E-state index contributed by atoms with van der Waals surface area (Å²) in [6, 6.07) is 1.84. The predicted octanol–water partition coefficient (Wildman–Crippen LogP) is 0.284. The van der Waals surface area contributed by atoms with Crippen LogP contribution in [0, 0.1) is 5.41 Å². The Morgan fingerprint density at radius 2 is 1.88 bits per heavy atom. The minimum Gasteiger partial charge on any atom is -0.461 e. The molecule has 3 fully saturated rings. The molecule has 0 radical (unpaired) electrons. The van der Waals surface area contributed by atoms with Crippen LogP contribution in [0.1, 0.15) is 19.3 Å². The molecule has 0 aliphatic carbocycles. The Bertz CT molecular complexity index is 568. The standard InChI is InChI=1S/C17H25N5O2/c23-15-17(2-6-18-7-3-17)12-14(24-15)13-21-8-10-22(11-9-21)16-19-4-1-5-20-16/h1,4-5,14,18H,2-3,6-13H2. The Balaban J connectivity index is 1.29. The summed E-state index contributed by atoms with van der Waals surface area (Å²) in [5.74, 6) is 0.837. The molecular formula is C17H25N5O2. The summed E-state index contributed by atoms with van der Waals surface area (Å²) in [6.07, 6.45) is 6.34. The lowest BCUT2D eigenvalue weighted by molar-refractivity contribution is -0.150. The maximum absolute atomic E-state index is 12.3. The van der Waals surface area contributed by atoms with Crippen molar-refractivity contribution in [1.82, 2.24) is 20.2 Å². The number of carbonyl (C=O) groups excluding carboxylic acids is 1. The summed E-state index contributed by atoms with van der Waals surface area (Å²) in [6.45, 7) is 6.46. The van der Waals surface area contributed by atoms with Gasteiger partial charge in [-0.15, -0.1) is 0 Å². The number of aromatic nitrogens is 2. The van der Waals surface area contributed by atoms with Gasteiger partial charge in [0.15, 0.2) is 0 Å². The van der Waals surface area contributed by atoms with Crippen molar-refractivity contribution in [2.24, 2.45) is 5.41 Å². The first-order chi connectivity index (χ1) is 11.8. The van der Waals surface area contributed by atoms with Gasteiger partial charge in [-0.2, -0.15) is 0 Å². The van der Waals surface area contributed by atoms with Crippen LogP contribution >= 0.6 is 0 Å². The van der Waals surface area contributed by atoms with E-state index in [4.69, 9.17) is 4.74 Å². The third-order valence-electron chi connectivity index (χ3n) is 5.55. The normalized spacial score (nSPS) is 27.4. The molecule has 1 spiro atoms. The maximum Gasteiger partial charge on any atom is 0.312 e. The highest BCUT2D eigenvalue weighted by Gasteiger charge is 2.49. The molecule has 0 amide bonds. The molecule has 0 aromatic carbocycles. The number of ether oxygens (including phenoxy) is 1. The van der Waals surface area contributed by atoms with E-state index in [0.29, 0.717) is 0 Å². The van der Waals surface area contributed by atoms with E-state index < -0.39 is 0 Å². The maximum atomic E-state index is 12.3. The Labute approximate surface area is 142 Å². The zero-order chi connectivity index (χ0) is 16.4. The average molecular weight is 331 g/mol. The van der Waals surface area contributed by atoms with Gasteiger partial charge in [0.25, 0.3) is 0 Å². The van der Waals surface area contributed by atoms with Gasteiger partial charge in [-0.3, -0.25) is 9.69 Å². The molecule has 0 bridgehead atoms. The molecule has 4 heterocycles. The van der Waals surface area contributed by atoms with Gasteiger partial charge in [-0.25, -0.2) is 9.97 Å². The first-order valence-electron chi connectivity index (χ1n) is 8.91. The molecule has 1 N–H and O–H groups in total. The Hall–Kier alpha value is -1.73. The third kappa shape index (κ3) is 3.10. The second-order valence-electron chi connectivity index (χ2n) is 7.10. The minimum atomic E-state index is -0.213. The van der Waals surface area contributed by atoms with E-state index >= 15 is 0 Å². The van der Waals surface area contributed by atoms with Gasteiger partial charge in [0, 0.05) is 51.5 Å². The van der Waals surface area contributed by atoms with Crippen molar-refractivity contribution in [3.63, 3.8) is 0 Å². The SMILES string of the molecule is O=C1OC(CN2CCN(c3ncccn3)CC2)CC12CCNCC2. The second-order valence-corrected chi connectivity index (χ2v) is 7.10. The molecule has 3 aliphatic heterocycles. The van der Waals surface area contributed by atoms with Crippen LogP contribution in [-0.2, 0) is 9.53 Å². The quantitative estimate of drug-likeness (QED) is 0.798. The molecule has 3 aliphatic rings. The zero-order valence-electron chi connectivity index (χ0n) is 14.0. The van der Waals surface area contributed by atoms with Gasteiger partial charge in [0.05, 0.1) is 5.41 Å². The topological polar surface area (TPSA) is 70.6 Å². The first kappa shape index (κ1) is 15.8. The number of nitrogens with zero attached hydrogens (tertiary/aromatic N) is 4. The fourth-order valence-corrected chi connectivity index (χ4v) is 4.13. The van der Waals surface area contributed by atoms with Gasteiger partial charge >= 0.3 is 5.97 Å². The summed E-state index contributed by atoms with van der Waals surface area (Å²) in [5.41, 5.74) is -0.213. The number of rotatable bonds is 3. The summed E-state index contributed by atoms with van der Waals surface area (Å²) in [7, 11) is 0. The van der Waals surface area contributed by atoms with Crippen LogP contribution in [0.4, 0.5) is 5.95 Å². The van der Waals surface area contributed by atoms with Gasteiger partial charge in [-0.05, 0) is 32.0 Å². The van der Waals surface area contributed by atoms with Crippen molar-refractivity contribution in [1.29, 1.82) is 0 Å². The van der Waals surface area contributed by atoms with Crippen LogP contribution in [0.5, 0.6) is 0 Å². The fourth-order valence-electron chi connectivity index (χ4n) is 4.13. The summed E-state index contributed by atoms with van der Waals surface area (Å²) < 4.78 is 5.72. The van der Waals surface area contributed by atoms with Crippen LogP contribution < -0.4 is 10.2 Å². The molecule has 1 aromatic heterocycles. The molecule has 1 aromatic rings. The van der Waals surface area contributed by atoms with E-state index in [9.17, 15) is 4.79 Å². The Morgan fingerprint density at radius 1 is 1.17 bits per heavy atom. The number of esters is 1. The van der Waals surface area contributed by atoms with Crippen LogP contribution in [-0.4, -0.2) is 72.8 Å². The van der Waals surface area contributed by atoms with E-state index in [2.05, 4.69) is 25.1 Å². The minimum absolute atomic E-state index is 0.0327. The highest BCUT2D eigenvalue weighted by Crippen LogP contribution is 2.41. The molecule has 0 saturated carbocycles. The van der Waals surface area contributed by atoms with Crippen molar-refractivity contribution in [2.45, 2.75) is 25.4 Å². The predicted molar refractivity (Wildman–Crippen MR) is 89.7 cm³/mol. The summed E-state index contributed by atoms with van der Waals surface area (Å²) in [5, 5.41) is 3.34. The van der Waals surface area contributed by atoms with Crippen LogP contribution in [0.2, 0.25) is 0 Å². The van der Waals surface area contributed by atoms with E-state index in [0.717, 1.165) is 71.0 Å². The molecule has 130 valence electrons. The third-order valence-corrected chi connectivity index (χ3v) is 5.55. The monoisotopic (exact) mass is 331 g/mol. The Morgan fingerprint density at radius 3 is 2.58 bits per heavy atom. The second kappa shape index (κ2) is 6.64. The van der Waals surface area contributed by atoms with Crippen molar-refractivity contribution >= 4 is 11.9 Å². The smallest absolute Gasteiger partial charge is 0.312 e. The van der Waals surface area contributed by atoms with Gasteiger partial charge < -0.3 is 15.0 Å². The van der Waals surface area contributed by atoms with Crippen molar-refractivity contribution < 1.29 is 9.53 Å². The highest BCUT2D eigenvalue weighted by molar-refractivity contribution is 5.79. The van der Waals surface area contributed by atoms with Crippen molar-refractivity contribution in [3.05, 3.63) is 18.5 Å². The number of nitrogens with one attached hydrogen (secondary N) is 1. The van der Waals surface area contributed by atoms with Gasteiger partial charge in [0.2, 0.25) is 5.95 Å². The molecule has 7 nitrogen and oxygen atoms in total. The van der Waals surface area contributed by atoms with Crippen LogP contribution in [0.15, 0.2) is 18.5 Å². The lowest BCUT2D eigenvalue weighted by Crippen LogP contribution is -2.49. The fraction of sp³-hybridized carbons (Fsp3) is 0.706. The van der Waals surface area contributed by atoms with Crippen molar-refractivity contribution in [2.75, 3.05) is 50.7 Å². The van der Waals surface area contributed by atoms with E-state index in [1.807, 2.05) is 6.07 Å².